The van der Waals surface area contributed by atoms with Gasteiger partial charge in [-0.1, -0.05) is 42.0 Å². The first-order chi connectivity index (χ1) is 15.0. The Morgan fingerprint density at radius 2 is 1.47 bits per heavy atom. The molecule has 0 heterocycles. The zero-order valence-corrected chi connectivity index (χ0v) is 20.2. The lowest BCUT2D eigenvalue weighted by Crippen LogP contribution is -2.32. The van der Waals surface area contributed by atoms with E-state index < -0.39 is 10.0 Å². The molecule has 0 aromatic heterocycles. The molecular formula is C26H30N2O3S. The molecule has 0 aliphatic rings. The fourth-order valence-electron chi connectivity index (χ4n) is 3.74. The molecule has 3 aromatic rings. The number of carbonyl (C=O) groups is 1. The number of hydrogen-bond donors (Lipinski definition) is 1. The second kappa shape index (κ2) is 9.17. The third kappa shape index (κ3) is 4.70. The lowest BCUT2D eigenvalue weighted by atomic mass is 9.96. The molecule has 5 nitrogen and oxygen atoms in total. The largest absolute Gasteiger partial charge is 0.345 e. The van der Waals surface area contributed by atoms with Crippen LogP contribution in [0.2, 0.25) is 0 Å². The van der Waals surface area contributed by atoms with Crippen LogP contribution in [0, 0.1) is 27.7 Å². The predicted molar refractivity (Wildman–Crippen MR) is 130 cm³/mol. The normalized spacial score (nSPS) is 12.3. The summed E-state index contributed by atoms with van der Waals surface area (Å²) in [6, 6.07) is 17.4. The van der Waals surface area contributed by atoms with Crippen LogP contribution in [-0.2, 0) is 10.0 Å². The number of sulfonamides is 1. The first-order valence-electron chi connectivity index (χ1n) is 10.6. The number of rotatable bonds is 6. The van der Waals surface area contributed by atoms with E-state index >= 15 is 0 Å². The molecule has 0 saturated carbocycles. The van der Waals surface area contributed by atoms with Crippen molar-refractivity contribution in [2.45, 2.75) is 45.6 Å². The topological polar surface area (TPSA) is 66.5 Å². The van der Waals surface area contributed by atoms with Gasteiger partial charge in [0.15, 0.2) is 0 Å². The van der Waals surface area contributed by atoms with Crippen molar-refractivity contribution in [2.24, 2.45) is 0 Å². The minimum Gasteiger partial charge on any atom is -0.345 e. The summed E-state index contributed by atoms with van der Waals surface area (Å²) in [4.78, 5) is 13.4. The van der Waals surface area contributed by atoms with E-state index in [4.69, 9.17) is 0 Å². The van der Waals surface area contributed by atoms with Gasteiger partial charge in [0.1, 0.15) is 0 Å². The van der Waals surface area contributed by atoms with Gasteiger partial charge < -0.3 is 5.32 Å². The second-order valence-corrected chi connectivity index (χ2v) is 10.3. The number of nitrogens with zero attached hydrogens (tertiary/aromatic N) is 1. The molecule has 32 heavy (non-hydrogen) atoms. The van der Waals surface area contributed by atoms with Crippen molar-refractivity contribution >= 4 is 21.6 Å². The molecule has 6 heteroatoms. The van der Waals surface area contributed by atoms with Crippen molar-refractivity contribution in [1.29, 1.82) is 0 Å². The summed E-state index contributed by atoms with van der Waals surface area (Å²) in [5, 5.41) is 3.03. The van der Waals surface area contributed by atoms with E-state index in [1.165, 1.54) is 16.9 Å². The van der Waals surface area contributed by atoms with Crippen LogP contribution in [0.1, 0.15) is 51.1 Å². The first-order valence-corrected chi connectivity index (χ1v) is 12.0. The van der Waals surface area contributed by atoms with Gasteiger partial charge in [-0.25, -0.2) is 8.42 Å². The summed E-state index contributed by atoms with van der Waals surface area (Å²) in [5.41, 5.74) is 6.12. The van der Waals surface area contributed by atoms with Gasteiger partial charge >= 0.3 is 0 Å². The van der Waals surface area contributed by atoms with Crippen molar-refractivity contribution in [2.75, 3.05) is 11.4 Å². The standard InChI is InChI=1S/C26H30N2O3S/c1-17-11-13-22(14-12-17)32(30,31)28(6)25-10-8-7-9-23(25)26(29)27-21(5)24-16-19(3)18(2)15-20(24)4/h7-16,21H,1-6H3,(H,27,29)/t21-/m1/s1. The minimum absolute atomic E-state index is 0.180. The third-order valence-electron chi connectivity index (χ3n) is 5.86. The maximum absolute atomic E-state index is 13.2. The summed E-state index contributed by atoms with van der Waals surface area (Å²) < 4.78 is 27.5. The number of nitrogens with one attached hydrogen (secondary N) is 1. The van der Waals surface area contributed by atoms with Gasteiger partial charge in [-0.05, 0) is 81.1 Å². The molecule has 0 fully saturated rings. The highest BCUT2D eigenvalue weighted by molar-refractivity contribution is 7.92. The van der Waals surface area contributed by atoms with Crippen LogP contribution in [0.25, 0.3) is 0 Å². The SMILES string of the molecule is Cc1ccc(S(=O)(=O)N(C)c2ccccc2C(=O)N[C@H](C)c2cc(C)c(C)cc2C)cc1. The van der Waals surface area contributed by atoms with E-state index in [1.54, 1.807) is 48.5 Å². The molecule has 1 atom stereocenters. The maximum atomic E-state index is 13.2. The maximum Gasteiger partial charge on any atom is 0.264 e. The number of anilines is 1. The van der Waals surface area contributed by atoms with Crippen LogP contribution in [0.5, 0.6) is 0 Å². The molecule has 3 rings (SSSR count). The zero-order chi connectivity index (χ0) is 23.6. The molecule has 0 spiro atoms. The van der Waals surface area contributed by atoms with Crippen molar-refractivity contribution in [3.63, 3.8) is 0 Å². The van der Waals surface area contributed by atoms with Gasteiger partial charge in [-0.3, -0.25) is 9.10 Å². The quantitative estimate of drug-likeness (QED) is 0.559. The smallest absolute Gasteiger partial charge is 0.264 e. The van der Waals surface area contributed by atoms with Crippen LogP contribution in [0.3, 0.4) is 0 Å². The predicted octanol–water partition coefficient (Wildman–Crippen LogP) is 5.24. The summed E-state index contributed by atoms with van der Waals surface area (Å²) in [7, 11) is -2.34. The highest BCUT2D eigenvalue weighted by Crippen LogP contribution is 2.27. The number of para-hydroxylation sites is 1. The molecule has 3 aromatic carbocycles. The Hall–Kier alpha value is -3.12. The summed E-state index contributed by atoms with van der Waals surface area (Å²) in [6.45, 7) is 9.98. The Morgan fingerprint density at radius 3 is 2.12 bits per heavy atom. The highest BCUT2D eigenvalue weighted by atomic mass is 32.2. The Morgan fingerprint density at radius 1 is 0.875 bits per heavy atom. The second-order valence-electron chi connectivity index (χ2n) is 8.29. The molecule has 1 N–H and O–H groups in total. The van der Waals surface area contributed by atoms with Crippen molar-refractivity contribution in [1.82, 2.24) is 5.32 Å². The highest BCUT2D eigenvalue weighted by Gasteiger charge is 2.25. The number of benzene rings is 3. The van der Waals surface area contributed by atoms with Crippen LogP contribution < -0.4 is 9.62 Å². The van der Waals surface area contributed by atoms with Crippen LogP contribution in [0.4, 0.5) is 5.69 Å². The minimum atomic E-state index is -3.81. The molecule has 0 aliphatic heterocycles. The lowest BCUT2D eigenvalue weighted by Gasteiger charge is -2.23. The monoisotopic (exact) mass is 450 g/mol. The fourth-order valence-corrected chi connectivity index (χ4v) is 4.95. The molecule has 0 aliphatic carbocycles. The number of aryl methyl sites for hydroxylation is 4. The van der Waals surface area contributed by atoms with E-state index in [2.05, 4.69) is 24.4 Å². The van der Waals surface area contributed by atoms with Gasteiger partial charge in [0, 0.05) is 7.05 Å². The first kappa shape index (κ1) is 23.5. The van der Waals surface area contributed by atoms with E-state index in [1.807, 2.05) is 27.7 Å². The number of carbonyl (C=O) groups excluding carboxylic acids is 1. The molecule has 0 saturated heterocycles. The van der Waals surface area contributed by atoms with Crippen LogP contribution >= 0.6 is 0 Å². The molecule has 0 radical (unpaired) electrons. The van der Waals surface area contributed by atoms with Gasteiger partial charge in [0.25, 0.3) is 15.9 Å². The van der Waals surface area contributed by atoms with E-state index in [0.29, 0.717) is 11.3 Å². The summed E-state index contributed by atoms with van der Waals surface area (Å²) in [5.74, 6) is -0.323. The van der Waals surface area contributed by atoms with Gasteiger partial charge in [0.2, 0.25) is 0 Å². The average Bonchev–Trinajstić information content (AvgIpc) is 2.75. The van der Waals surface area contributed by atoms with E-state index in [-0.39, 0.29) is 16.8 Å². The van der Waals surface area contributed by atoms with Crippen LogP contribution in [0.15, 0.2) is 65.6 Å². The molecule has 168 valence electrons. The van der Waals surface area contributed by atoms with Crippen molar-refractivity contribution < 1.29 is 13.2 Å². The summed E-state index contributed by atoms with van der Waals surface area (Å²) >= 11 is 0. The lowest BCUT2D eigenvalue weighted by molar-refractivity contribution is 0.0940. The third-order valence-corrected chi connectivity index (χ3v) is 7.65. The fraction of sp³-hybridized carbons (Fsp3) is 0.269. The van der Waals surface area contributed by atoms with Gasteiger partial charge in [0.05, 0.1) is 22.2 Å². The van der Waals surface area contributed by atoms with Crippen molar-refractivity contribution in [3.8, 4) is 0 Å². The van der Waals surface area contributed by atoms with E-state index in [0.717, 1.165) is 22.3 Å². The number of amides is 1. The summed E-state index contributed by atoms with van der Waals surface area (Å²) in [6.07, 6.45) is 0. The Balaban J connectivity index is 1.91. The van der Waals surface area contributed by atoms with Crippen molar-refractivity contribution in [3.05, 3.63) is 94.0 Å². The zero-order valence-electron chi connectivity index (χ0n) is 19.4. The molecule has 0 bridgehead atoms. The molecule has 1 amide bonds. The van der Waals surface area contributed by atoms with Gasteiger partial charge in [-0.15, -0.1) is 0 Å². The Bertz CT molecular complexity index is 1250. The Labute approximate surface area is 191 Å². The van der Waals surface area contributed by atoms with Gasteiger partial charge in [-0.2, -0.15) is 0 Å². The average molecular weight is 451 g/mol. The van der Waals surface area contributed by atoms with E-state index in [9.17, 15) is 13.2 Å². The number of hydrogen-bond acceptors (Lipinski definition) is 3. The molecular weight excluding hydrogens is 420 g/mol. The Kier molecular flexibility index (Phi) is 6.74. The van der Waals surface area contributed by atoms with Crippen LogP contribution in [-0.4, -0.2) is 21.4 Å². The molecule has 0 unspecified atom stereocenters.